The van der Waals surface area contributed by atoms with Gasteiger partial charge in [-0.2, -0.15) is 5.10 Å². The monoisotopic (exact) mass is 573 g/mol. The van der Waals surface area contributed by atoms with E-state index in [9.17, 15) is 9.59 Å². The van der Waals surface area contributed by atoms with Crippen molar-refractivity contribution in [3.05, 3.63) is 80.9 Å². The quantitative estimate of drug-likeness (QED) is 0.225. The van der Waals surface area contributed by atoms with Gasteiger partial charge in [-0.05, 0) is 83.1 Å². The Labute approximate surface area is 211 Å². The van der Waals surface area contributed by atoms with Gasteiger partial charge < -0.3 is 19.5 Å². The molecule has 0 aliphatic rings. The second-order valence-corrected chi connectivity index (χ2v) is 8.27. The summed E-state index contributed by atoms with van der Waals surface area (Å²) in [5.74, 6) is 0.815. The number of ether oxygens (including phenoxy) is 3. The first kappa shape index (κ1) is 25.0. The second kappa shape index (κ2) is 12.0. The molecule has 3 aromatic rings. The van der Waals surface area contributed by atoms with E-state index < -0.39 is 0 Å². The molecule has 3 aromatic carbocycles. The number of aryl methyl sites for hydroxylation is 1. The van der Waals surface area contributed by atoms with Crippen LogP contribution in [-0.2, 0) is 4.79 Å². The fourth-order valence-corrected chi connectivity index (χ4v) is 3.51. The van der Waals surface area contributed by atoms with Crippen molar-refractivity contribution in [3.8, 4) is 17.2 Å². The number of carbonyl (C=O) groups is 2. The van der Waals surface area contributed by atoms with Crippen molar-refractivity contribution < 1.29 is 23.8 Å². The van der Waals surface area contributed by atoms with Crippen LogP contribution in [0.4, 0.5) is 5.69 Å². The average molecular weight is 573 g/mol. The summed E-state index contributed by atoms with van der Waals surface area (Å²) in [6.07, 6.45) is 1.49. The van der Waals surface area contributed by atoms with Crippen LogP contribution < -0.4 is 25.0 Å². The summed E-state index contributed by atoms with van der Waals surface area (Å²) in [5, 5.41) is 6.82. The second-order valence-electron chi connectivity index (χ2n) is 7.11. The lowest BCUT2D eigenvalue weighted by Gasteiger charge is -2.12. The molecule has 0 heterocycles. The summed E-state index contributed by atoms with van der Waals surface area (Å²) in [5.41, 5.74) is 5.29. The van der Waals surface area contributed by atoms with Crippen LogP contribution in [0.3, 0.4) is 0 Å². The van der Waals surface area contributed by atoms with Crippen LogP contribution in [-0.4, -0.2) is 38.9 Å². The van der Waals surface area contributed by atoms with E-state index in [0.29, 0.717) is 28.4 Å². The highest BCUT2D eigenvalue weighted by Crippen LogP contribution is 2.27. The third kappa shape index (κ3) is 6.70. The summed E-state index contributed by atoms with van der Waals surface area (Å²) in [6.45, 7) is 1.74. The standard InChI is InChI=1S/C25H24IN3O5/c1-16-6-4-5-7-20(16)28-24(30)15-34-21-11-8-17(12-23(21)33-3)14-27-29-25(31)18-9-10-19(26)22(13-18)32-2/h4-14H,15H2,1-3H3,(H,28,30)(H,29,31)/b27-14+. The normalized spacial score (nSPS) is 10.6. The van der Waals surface area contributed by atoms with E-state index in [1.165, 1.54) is 13.3 Å². The number of amides is 2. The van der Waals surface area contributed by atoms with Crippen LogP contribution in [0.5, 0.6) is 17.2 Å². The summed E-state index contributed by atoms with van der Waals surface area (Å²) < 4.78 is 17.1. The van der Waals surface area contributed by atoms with Crippen molar-refractivity contribution in [2.75, 3.05) is 26.1 Å². The van der Waals surface area contributed by atoms with Crippen molar-refractivity contribution in [3.63, 3.8) is 0 Å². The molecular weight excluding hydrogens is 549 g/mol. The van der Waals surface area contributed by atoms with Gasteiger partial charge >= 0.3 is 0 Å². The zero-order valence-electron chi connectivity index (χ0n) is 18.9. The SMILES string of the molecule is COc1cc(C(=O)N/N=C/c2ccc(OCC(=O)Nc3ccccc3C)c(OC)c2)ccc1I. The molecule has 8 nitrogen and oxygen atoms in total. The molecule has 0 aliphatic heterocycles. The van der Waals surface area contributed by atoms with E-state index in [0.717, 1.165) is 14.8 Å². The van der Waals surface area contributed by atoms with Gasteiger partial charge in [-0.3, -0.25) is 9.59 Å². The first-order chi connectivity index (χ1) is 16.4. The van der Waals surface area contributed by atoms with E-state index in [4.69, 9.17) is 14.2 Å². The van der Waals surface area contributed by atoms with E-state index >= 15 is 0 Å². The van der Waals surface area contributed by atoms with E-state index in [2.05, 4.69) is 38.4 Å². The maximum Gasteiger partial charge on any atom is 0.271 e. The number of hydrogen-bond donors (Lipinski definition) is 2. The first-order valence-electron chi connectivity index (χ1n) is 10.2. The van der Waals surface area contributed by atoms with Crippen LogP contribution >= 0.6 is 22.6 Å². The van der Waals surface area contributed by atoms with Gasteiger partial charge in [0.2, 0.25) is 0 Å². The van der Waals surface area contributed by atoms with Gasteiger partial charge in [0, 0.05) is 11.3 Å². The number of benzene rings is 3. The highest BCUT2D eigenvalue weighted by molar-refractivity contribution is 14.1. The van der Waals surface area contributed by atoms with E-state index in [1.54, 1.807) is 43.5 Å². The average Bonchev–Trinajstić information content (AvgIpc) is 2.84. The van der Waals surface area contributed by atoms with Gasteiger partial charge in [-0.15, -0.1) is 0 Å². The molecular formula is C25H24IN3O5. The van der Waals surface area contributed by atoms with Crippen molar-refractivity contribution >= 4 is 46.3 Å². The molecule has 0 saturated heterocycles. The number of methoxy groups -OCH3 is 2. The Morgan fingerprint density at radius 3 is 2.47 bits per heavy atom. The van der Waals surface area contributed by atoms with E-state index in [1.807, 2.05) is 31.2 Å². The van der Waals surface area contributed by atoms with Crippen molar-refractivity contribution in [2.24, 2.45) is 5.10 Å². The molecule has 2 N–H and O–H groups in total. The van der Waals surface area contributed by atoms with Crippen LogP contribution in [0.25, 0.3) is 0 Å². The fourth-order valence-electron chi connectivity index (χ4n) is 2.96. The van der Waals surface area contributed by atoms with Crippen molar-refractivity contribution in [1.82, 2.24) is 5.43 Å². The Bertz CT molecular complexity index is 1210. The predicted octanol–water partition coefficient (Wildman–Crippen LogP) is 4.40. The lowest BCUT2D eigenvalue weighted by atomic mass is 10.2. The Morgan fingerprint density at radius 2 is 1.74 bits per heavy atom. The molecule has 0 aliphatic carbocycles. The molecule has 0 saturated carbocycles. The number of para-hydroxylation sites is 1. The Kier molecular flexibility index (Phi) is 8.86. The number of nitrogens with one attached hydrogen (secondary N) is 2. The molecule has 0 fully saturated rings. The zero-order chi connectivity index (χ0) is 24.5. The number of halogens is 1. The summed E-state index contributed by atoms with van der Waals surface area (Å²) in [7, 11) is 3.05. The van der Waals surface area contributed by atoms with Gasteiger partial charge in [0.15, 0.2) is 18.1 Å². The predicted molar refractivity (Wildman–Crippen MR) is 139 cm³/mol. The maximum absolute atomic E-state index is 12.3. The smallest absolute Gasteiger partial charge is 0.271 e. The van der Waals surface area contributed by atoms with Gasteiger partial charge in [-0.1, -0.05) is 18.2 Å². The molecule has 0 atom stereocenters. The van der Waals surface area contributed by atoms with E-state index in [-0.39, 0.29) is 18.4 Å². The first-order valence-corrected chi connectivity index (χ1v) is 11.3. The van der Waals surface area contributed by atoms with Gasteiger partial charge in [-0.25, -0.2) is 5.43 Å². The highest BCUT2D eigenvalue weighted by Gasteiger charge is 2.11. The molecule has 176 valence electrons. The van der Waals surface area contributed by atoms with Gasteiger partial charge in [0.1, 0.15) is 5.75 Å². The molecule has 0 spiro atoms. The third-order valence-electron chi connectivity index (χ3n) is 4.76. The Hall–Kier alpha value is -3.60. The van der Waals surface area contributed by atoms with Crippen LogP contribution in [0.15, 0.2) is 65.8 Å². The Morgan fingerprint density at radius 1 is 0.971 bits per heavy atom. The number of rotatable bonds is 9. The highest BCUT2D eigenvalue weighted by atomic mass is 127. The summed E-state index contributed by atoms with van der Waals surface area (Å²) in [6, 6.07) is 17.7. The van der Waals surface area contributed by atoms with Crippen LogP contribution in [0.2, 0.25) is 0 Å². The molecule has 0 aromatic heterocycles. The number of hydrogen-bond acceptors (Lipinski definition) is 6. The maximum atomic E-state index is 12.3. The Balaban J connectivity index is 1.58. The minimum absolute atomic E-state index is 0.173. The number of hydrazone groups is 1. The lowest BCUT2D eigenvalue weighted by Crippen LogP contribution is -2.20. The minimum atomic E-state index is -0.363. The minimum Gasteiger partial charge on any atom is -0.496 e. The number of anilines is 1. The van der Waals surface area contributed by atoms with Crippen LogP contribution in [0.1, 0.15) is 21.5 Å². The third-order valence-corrected chi connectivity index (χ3v) is 5.65. The summed E-state index contributed by atoms with van der Waals surface area (Å²) in [4.78, 5) is 24.6. The largest absolute Gasteiger partial charge is 0.496 e. The molecule has 0 radical (unpaired) electrons. The fraction of sp³-hybridized carbons (Fsp3) is 0.160. The lowest BCUT2D eigenvalue weighted by molar-refractivity contribution is -0.118. The number of carbonyl (C=O) groups excluding carboxylic acids is 2. The van der Waals surface area contributed by atoms with Crippen molar-refractivity contribution in [2.45, 2.75) is 6.92 Å². The molecule has 34 heavy (non-hydrogen) atoms. The van der Waals surface area contributed by atoms with Crippen LogP contribution in [0, 0.1) is 10.5 Å². The zero-order valence-corrected chi connectivity index (χ0v) is 21.1. The summed E-state index contributed by atoms with van der Waals surface area (Å²) >= 11 is 2.13. The molecule has 0 unspecified atom stereocenters. The molecule has 0 bridgehead atoms. The molecule has 3 rings (SSSR count). The topological polar surface area (TPSA) is 98.3 Å². The molecule has 2 amide bonds. The van der Waals surface area contributed by atoms with Gasteiger partial charge in [0.25, 0.3) is 11.8 Å². The molecule has 9 heteroatoms. The van der Waals surface area contributed by atoms with Gasteiger partial charge in [0.05, 0.1) is 24.0 Å². The number of nitrogens with zero attached hydrogens (tertiary/aromatic N) is 1. The van der Waals surface area contributed by atoms with Crippen molar-refractivity contribution in [1.29, 1.82) is 0 Å².